The van der Waals surface area contributed by atoms with E-state index in [2.05, 4.69) is 0 Å². The van der Waals surface area contributed by atoms with Crippen molar-refractivity contribution in [1.82, 2.24) is 4.57 Å². The molecule has 0 saturated carbocycles. The topological polar surface area (TPSA) is 31.2 Å². The maximum absolute atomic E-state index is 11.4. The number of aryl methyl sites for hydroxylation is 1. The second kappa shape index (κ2) is 3.95. The molecule has 3 heteroatoms. The molecule has 1 rings (SSSR count). The van der Waals surface area contributed by atoms with E-state index in [4.69, 9.17) is 4.74 Å². The molecule has 0 aromatic carbocycles. The van der Waals surface area contributed by atoms with Crippen molar-refractivity contribution in [2.24, 2.45) is 0 Å². The van der Waals surface area contributed by atoms with Gasteiger partial charge in [-0.15, -0.1) is 0 Å². The van der Waals surface area contributed by atoms with Crippen LogP contribution in [0.5, 0.6) is 5.75 Å². The van der Waals surface area contributed by atoms with E-state index in [1.54, 1.807) is 16.8 Å². The molecule has 1 aromatic heterocycles. The van der Waals surface area contributed by atoms with Crippen molar-refractivity contribution in [1.29, 1.82) is 0 Å². The number of hydrogen-bond donors (Lipinski definition) is 0. The van der Waals surface area contributed by atoms with E-state index in [1.165, 1.54) is 7.11 Å². The molecule has 0 atom stereocenters. The van der Waals surface area contributed by atoms with E-state index >= 15 is 0 Å². The van der Waals surface area contributed by atoms with Gasteiger partial charge in [-0.3, -0.25) is 4.79 Å². The van der Waals surface area contributed by atoms with Crippen molar-refractivity contribution in [3.05, 3.63) is 28.7 Å². The van der Waals surface area contributed by atoms with Crippen LogP contribution in [-0.4, -0.2) is 11.7 Å². The maximum atomic E-state index is 11.4. The Hall–Kier alpha value is -1.25. The molecule has 0 N–H and O–H groups in total. The number of methoxy groups -OCH3 is 1. The number of nitrogens with zero attached hydrogens (tertiary/aromatic N) is 1. The van der Waals surface area contributed by atoms with Crippen molar-refractivity contribution >= 4 is 0 Å². The second-order valence-corrected chi connectivity index (χ2v) is 2.58. The Balaban J connectivity index is 3.06. The third kappa shape index (κ3) is 1.67. The standard InChI is InChI=1S/C9H13NO2/c1-3-6-10-7-4-5-8(12-2)9(10)11/h4-5,7H,3,6H2,1-2H3. The summed E-state index contributed by atoms with van der Waals surface area (Å²) in [5, 5.41) is 0. The third-order valence-corrected chi connectivity index (χ3v) is 1.67. The molecule has 0 aliphatic heterocycles. The zero-order valence-corrected chi connectivity index (χ0v) is 7.41. The van der Waals surface area contributed by atoms with Gasteiger partial charge in [0.05, 0.1) is 7.11 Å². The second-order valence-electron chi connectivity index (χ2n) is 2.58. The zero-order valence-electron chi connectivity index (χ0n) is 7.41. The lowest BCUT2D eigenvalue weighted by Crippen LogP contribution is -2.20. The first-order chi connectivity index (χ1) is 5.79. The Morgan fingerprint density at radius 3 is 2.92 bits per heavy atom. The fourth-order valence-electron chi connectivity index (χ4n) is 1.09. The van der Waals surface area contributed by atoms with Crippen molar-refractivity contribution in [3.63, 3.8) is 0 Å². The van der Waals surface area contributed by atoms with Crippen LogP contribution in [0.4, 0.5) is 0 Å². The molecule has 0 aliphatic carbocycles. The Morgan fingerprint density at radius 2 is 2.33 bits per heavy atom. The summed E-state index contributed by atoms with van der Waals surface area (Å²) in [6, 6.07) is 3.49. The highest BCUT2D eigenvalue weighted by molar-refractivity contribution is 5.16. The van der Waals surface area contributed by atoms with Gasteiger partial charge < -0.3 is 9.30 Å². The zero-order chi connectivity index (χ0) is 8.97. The smallest absolute Gasteiger partial charge is 0.292 e. The van der Waals surface area contributed by atoms with Gasteiger partial charge in [-0.1, -0.05) is 6.92 Å². The van der Waals surface area contributed by atoms with Gasteiger partial charge in [0.2, 0.25) is 0 Å². The van der Waals surface area contributed by atoms with Crippen LogP contribution in [0.15, 0.2) is 23.1 Å². The Labute approximate surface area is 71.6 Å². The minimum Gasteiger partial charge on any atom is -0.491 e. The van der Waals surface area contributed by atoms with E-state index < -0.39 is 0 Å². The van der Waals surface area contributed by atoms with Crippen LogP contribution in [0, 0.1) is 0 Å². The summed E-state index contributed by atoms with van der Waals surface area (Å²) in [6.07, 6.45) is 2.72. The molecule has 0 bridgehead atoms. The molecule has 0 fully saturated rings. The molecule has 0 radical (unpaired) electrons. The number of aromatic nitrogens is 1. The molecular weight excluding hydrogens is 154 g/mol. The fraction of sp³-hybridized carbons (Fsp3) is 0.444. The quantitative estimate of drug-likeness (QED) is 0.678. The van der Waals surface area contributed by atoms with Gasteiger partial charge in [-0.05, 0) is 18.6 Å². The van der Waals surface area contributed by atoms with Gasteiger partial charge in [0.25, 0.3) is 5.56 Å². The molecule has 0 amide bonds. The molecule has 1 aromatic rings. The summed E-state index contributed by atoms with van der Waals surface area (Å²) in [5.74, 6) is 0.408. The first-order valence-corrected chi connectivity index (χ1v) is 4.03. The predicted molar refractivity (Wildman–Crippen MR) is 47.5 cm³/mol. The minimum absolute atomic E-state index is 0.0538. The SMILES string of the molecule is CCCn1cccc(OC)c1=O. The van der Waals surface area contributed by atoms with Crippen LogP contribution in [0.3, 0.4) is 0 Å². The van der Waals surface area contributed by atoms with Crippen LogP contribution >= 0.6 is 0 Å². The molecule has 0 aliphatic rings. The summed E-state index contributed by atoms with van der Waals surface area (Å²) in [7, 11) is 1.51. The Morgan fingerprint density at radius 1 is 1.58 bits per heavy atom. The highest BCUT2D eigenvalue weighted by atomic mass is 16.5. The van der Waals surface area contributed by atoms with Crippen molar-refractivity contribution in [2.45, 2.75) is 19.9 Å². The number of hydrogen-bond acceptors (Lipinski definition) is 2. The molecule has 66 valence electrons. The van der Waals surface area contributed by atoms with Crippen LogP contribution in [0.2, 0.25) is 0 Å². The lowest BCUT2D eigenvalue weighted by molar-refractivity contribution is 0.402. The van der Waals surface area contributed by atoms with Gasteiger partial charge in [-0.2, -0.15) is 0 Å². The van der Waals surface area contributed by atoms with E-state index in [-0.39, 0.29) is 5.56 Å². The number of ether oxygens (including phenoxy) is 1. The molecule has 0 unspecified atom stereocenters. The predicted octanol–water partition coefficient (Wildman–Crippen LogP) is 1.27. The van der Waals surface area contributed by atoms with E-state index in [9.17, 15) is 4.79 Å². The van der Waals surface area contributed by atoms with Gasteiger partial charge in [0.15, 0.2) is 5.75 Å². The fourth-order valence-corrected chi connectivity index (χ4v) is 1.09. The molecule has 3 nitrogen and oxygen atoms in total. The summed E-state index contributed by atoms with van der Waals surface area (Å²) < 4.78 is 6.55. The average molecular weight is 167 g/mol. The molecule has 0 spiro atoms. The van der Waals surface area contributed by atoms with E-state index in [1.807, 2.05) is 13.0 Å². The van der Waals surface area contributed by atoms with E-state index in [0.29, 0.717) is 5.75 Å². The van der Waals surface area contributed by atoms with Crippen molar-refractivity contribution in [3.8, 4) is 5.75 Å². The normalized spacial score (nSPS) is 9.83. The Bertz CT molecular complexity index is 304. The van der Waals surface area contributed by atoms with Gasteiger partial charge in [0, 0.05) is 12.7 Å². The summed E-state index contributed by atoms with van der Waals surface area (Å²) in [6.45, 7) is 2.78. The lowest BCUT2D eigenvalue weighted by atomic mass is 10.4. The number of rotatable bonds is 3. The molecular formula is C9H13NO2. The largest absolute Gasteiger partial charge is 0.491 e. The third-order valence-electron chi connectivity index (χ3n) is 1.67. The average Bonchev–Trinajstić information content (AvgIpc) is 2.09. The summed E-state index contributed by atoms with van der Waals surface area (Å²) >= 11 is 0. The van der Waals surface area contributed by atoms with Crippen LogP contribution in [0.25, 0.3) is 0 Å². The summed E-state index contributed by atoms with van der Waals surface area (Å²) in [4.78, 5) is 11.4. The first-order valence-electron chi connectivity index (χ1n) is 4.03. The van der Waals surface area contributed by atoms with Gasteiger partial charge in [-0.25, -0.2) is 0 Å². The highest BCUT2D eigenvalue weighted by Crippen LogP contribution is 2.00. The molecule has 1 heterocycles. The van der Waals surface area contributed by atoms with Crippen molar-refractivity contribution in [2.75, 3.05) is 7.11 Å². The lowest BCUT2D eigenvalue weighted by Gasteiger charge is -2.04. The van der Waals surface area contributed by atoms with Crippen LogP contribution < -0.4 is 10.3 Å². The maximum Gasteiger partial charge on any atom is 0.292 e. The Kier molecular flexibility index (Phi) is 2.91. The van der Waals surface area contributed by atoms with Crippen molar-refractivity contribution < 1.29 is 4.74 Å². The van der Waals surface area contributed by atoms with Gasteiger partial charge in [0.1, 0.15) is 0 Å². The number of pyridine rings is 1. The van der Waals surface area contributed by atoms with Crippen LogP contribution in [-0.2, 0) is 6.54 Å². The summed E-state index contributed by atoms with van der Waals surface area (Å²) in [5.41, 5.74) is -0.0538. The van der Waals surface area contributed by atoms with Gasteiger partial charge >= 0.3 is 0 Å². The molecule has 12 heavy (non-hydrogen) atoms. The molecule has 0 saturated heterocycles. The first kappa shape index (κ1) is 8.84. The van der Waals surface area contributed by atoms with E-state index in [0.717, 1.165) is 13.0 Å². The monoisotopic (exact) mass is 167 g/mol. The van der Waals surface area contributed by atoms with Crippen LogP contribution in [0.1, 0.15) is 13.3 Å². The highest BCUT2D eigenvalue weighted by Gasteiger charge is 2.00. The minimum atomic E-state index is -0.0538.